The molecule has 2 saturated heterocycles. The fraction of sp³-hybridized carbons (Fsp3) is 0.450. The third kappa shape index (κ3) is 4.28. The summed E-state index contributed by atoms with van der Waals surface area (Å²) in [6.07, 6.45) is 5.29. The zero-order chi connectivity index (χ0) is 20.2. The Morgan fingerprint density at radius 1 is 0.862 bits per heavy atom. The van der Waals surface area contributed by atoms with Crippen molar-refractivity contribution in [3.8, 4) is 0 Å². The second-order valence-corrected chi connectivity index (χ2v) is 7.37. The molecule has 1 aromatic heterocycles. The number of piperazine rings is 1. The number of benzene rings is 1. The number of hydrogen-bond donors (Lipinski definition) is 0. The van der Waals surface area contributed by atoms with Crippen LogP contribution in [0.15, 0.2) is 36.7 Å². The van der Waals surface area contributed by atoms with Gasteiger partial charge >= 0.3 is 0 Å². The molecule has 0 unspecified atom stereocenters. The summed E-state index contributed by atoms with van der Waals surface area (Å²) in [7, 11) is 0. The molecule has 2 aliphatic heterocycles. The van der Waals surface area contributed by atoms with Gasteiger partial charge in [0, 0.05) is 63.0 Å². The highest BCUT2D eigenvalue weighted by atomic mass is 16.6. The van der Waals surface area contributed by atoms with Crippen molar-refractivity contribution in [3.05, 3.63) is 52.3 Å². The topological polar surface area (TPSA) is 95.7 Å². The van der Waals surface area contributed by atoms with Gasteiger partial charge in [-0.1, -0.05) is 0 Å². The Morgan fingerprint density at radius 2 is 1.45 bits per heavy atom. The first-order valence-electron chi connectivity index (χ1n) is 9.97. The van der Waals surface area contributed by atoms with Crippen molar-refractivity contribution in [3.63, 3.8) is 0 Å². The van der Waals surface area contributed by atoms with Gasteiger partial charge in [-0.15, -0.1) is 0 Å². The molecular weight excluding hydrogens is 372 g/mol. The standard InChI is InChI=1S/C20H24N6O3/c27-20(16-4-6-17(7-5-16)26(28)29)25-12-10-24(11-13-25)19-14-18(21-15-22-19)23-8-2-1-3-9-23/h4-7,14-15H,1-3,8-13H2. The Balaban J connectivity index is 1.37. The largest absolute Gasteiger partial charge is 0.356 e. The van der Waals surface area contributed by atoms with Crippen molar-refractivity contribution in [2.45, 2.75) is 19.3 Å². The number of amides is 1. The number of nitro benzene ring substituents is 1. The van der Waals surface area contributed by atoms with E-state index in [1.165, 1.54) is 43.5 Å². The van der Waals surface area contributed by atoms with Crippen LogP contribution >= 0.6 is 0 Å². The molecule has 2 fully saturated rings. The summed E-state index contributed by atoms with van der Waals surface area (Å²) in [6, 6.07) is 7.81. The van der Waals surface area contributed by atoms with Crippen molar-refractivity contribution in [2.24, 2.45) is 0 Å². The summed E-state index contributed by atoms with van der Waals surface area (Å²) >= 11 is 0. The van der Waals surface area contributed by atoms with E-state index in [2.05, 4.69) is 19.8 Å². The molecule has 1 amide bonds. The molecule has 1 aromatic carbocycles. The summed E-state index contributed by atoms with van der Waals surface area (Å²) in [5, 5.41) is 10.8. The van der Waals surface area contributed by atoms with Gasteiger partial charge in [0.1, 0.15) is 18.0 Å². The summed E-state index contributed by atoms with van der Waals surface area (Å²) in [5.74, 6) is 1.76. The summed E-state index contributed by atoms with van der Waals surface area (Å²) in [5.41, 5.74) is 0.457. The first-order valence-corrected chi connectivity index (χ1v) is 9.97. The number of carbonyl (C=O) groups is 1. The van der Waals surface area contributed by atoms with Gasteiger partial charge in [0.25, 0.3) is 11.6 Å². The van der Waals surface area contributed by atoms with E-state index in [0.29, 0.717) is 31.7 Å². The molecule has 0 saturated carbocycles. The van der Waals surface area contributed by atoms with E-state index in [0.717, 1.165) is 24.7 Å². The first kappa shape index (κ1) is 19.1. The van der Waals surface area contributed by atoms with E-state index in [4.69, 9.17) is 0 Å². The van der Waals surface area contributed by atoms with Gasteiger partial charge in [0.15, 0.2) is 0 Å². The number of nitro groups is 1. The van der Waals surface area contributed by atoms with Gasteiger partial charge in [-0.25, -0.2) is 9.97 Å². The summed E-state index contributed by atoms with van der Waals surface area (Å²) in [4.78, 5) is 38.1. The molecule has 2 aromatic rings. The van der Waals surface area contributed by atoms with Gasteiger partial charge in [0.05, 0.1) is 4.92 Å². The van der Waals surface area contributed by atoms with Crippen LogP contribution in [0.2, 0.25) is 0 Å². The maximum atomic E-state index is 12.7. The van der Waals surface area contributed by atoms with Crippen molar-refractivity contribution in [2.75, 3.05) is 49.1 Å². The van der Waals surface area contributed by atoms with Crippen LogP contribution in [0.5, 0.6) is 0 Å². The Bertz CT molecular complexity index is 874. The van der Waals surface area contributed by atoms with Crippen LogP contribution in [-0.4, -0.2) is 65.0 Å². The SMILES string of the molecule is O=C(c1ccc([N+](=O)[O-])cc1)N1CCN(c2cc(N3CCCCC3)ncn2)CC1. The highest BCUT2D eigenvalue weighted by molar-refractivity contribution is 5.94. The number of rotatable bonds is 4. The van der Waals surface area contributed by atoms with Gasteiger partial charge in [-0.05, 0) is 31.4 Å². The minimum Gasteiger partial charge on any atom is -0.356 e. The van der Waals surface area contributed by atoms with Gasteiger partial charge in [0.2, 0.25) is 0 Å². The number of anilines is 2. The monoisotopic (exact) mass is 396 g/mol. The Hall–Kier alpha value is -3.23. The molecule has 0 aliphatic carbocycles. The quantitative estimate of drug-likeness (QED) is 0.578. The van der Waals surface area contributed by atoms with Crippen molar-refractivity contribution >= 4 is 23.2 Å². The highest BCUT2D eigenvalue weighted by Crippen LogP contribution is 2.22. The molecule has 0 N–H and O–H groups in total. The lowest BCUT2D eigenvalue weighted by Gasteiger charge is -2.36. The van der Waals surface area contributed by atoms with E-state index < -0.39 is 4.92 Å². The molecule has 3 heterocycles. The molecule has 0 bridgehead atoms. The molecule has 9 heteroatoms. The average molecular weight is 396 g/mol. The Labute approximate surface area is 169 Å². The van der Waals surface area contributed by atoms with Gasteiger partial charge in [-0.2, -0.15) is 0 Å². The van der Waals surface area contributed by atoms with Crippen LogP contribution in [-0.2, 0) is 0 Å². The molecule has 0 atom stereocenters. The zero-order valence-electron chi connectivity index (χ0n) is 16.2. The Kier molecular flexibility index (Phi) is 5.55. The lowest BCUT2D eigenvalue weighted by atomic mass is 10.1. The summed E-state index contributed by atoms with van der Waals surface area (Å²) in [6.45, 7) is 4.62. The molecule has 29 heavy (non-hydrogen) atoms. The second kappa shape index (κ2) is 8.42. The molecular formula is C20H24N6O3. The first-order chi connectivity index (χ1) is 14.1. The van der Waals surface area contributed by atoms with Crippen molar-refractivity contribution < 1.29 is 9.72 Å². The normalized spacial score (nSPS) is 17.3. The number of non-ortho nitro benzene ring substituents is 1. The molecule has 0 spiro atoms. The minimum absolute atomic E-state index is 0.0142. The third-order valence-electron chi connectivity index (χ3n) is 5.53. The molecule has 4 rings (SSSR count). The van der Waals surface area contributed by atoms with E-state index in [9.17, 15) is 14.9 Å². The number of carbonyl (C=O) groups excluding carboxylic acids is 1. The fourth-order valence-corrected chi connectivity index (χ4v) is 3.85. The van der Waals surface area contributed by atoms with E-state index in [-0.39, 0.29) is 11.6 Å². The van der Waals surface area contributed by atoms with Gasteiger partial charge < -0.3 is 14.7 Å². The Morgan fingerprint density at radius 3 is 2.03 bits per heavy atom. The minimum atomic E-state index is -0.465. The van der Waals surface area contributed by atoms with E-state index >= 15 is 0 Å². The van der Waals surface area contributed by atoms with E-state index in [1.54, 1.807) is 11.2 Å². The molecule has 9 nitrogen and oxygen atoms in total. The number of aromatic nitrogens is 2. The molecule has 152 valence electrons. The number of piperidine rings is 1. The smallest absolute Gasteiger partial charge is 0.269 e. The maximum Gasteiger partial charge on any atom is 0.269 e. The highest BCUT2D eigenvalue weighted by Gasteiger charge is 2.24. The number of nitrogens with zero attached hydrogens (tertiary/aromatic N) is 6. The molecule has 2 aliphatic rings. The van der Waals surface area contributed by atoms with Crippen molar-refractivity contribution in [1.29, 1.82) is 0 Å². The van der Waals surface area contributed by atoms with Crippen LogP contribution in [0.25, 0.3) is 0 Å². The molecule has 0 radical (unpaired) electrons. The second-order valence-electron chi connectivity index (χ2n) is 7.37. The zero-order valence-corrected chi connectivity index (χ0v) is 16.2. The van der Waals surface area contributed by atoms with Crippen LogP contribution < -0.4 is 9.80 Å². The average Bonchev–Trinajstić information content (AvgIpc) is 2.79. The van der Waals surface area contributed by atoms with E-state index in [1.807, 2.05) is 6.07 Å². The number of hydrogen-bond acceptors (Lipinski definition) is 7. The third-order valence-corrected chi connectivity index (χ3v) is 5.53. The summed E-state index contributed by atoms with van der Waals surface area (Å²) < 4.78 is 0. The lowest BCUT2D eigenvalue weighted by Crippen LogP contribution is -2.49. The predicted octanol–water partition coefficient (Wildman–Crippen LogP) is 2.34. The maximum absolute atomic E-state index is 12.7. The van der Waals surface area contributed by atoms with Crippen LogP contribution in [0.3, 0.4) is 0 Å². The lowest BCUT2D eigenvalue weighted by molar-refractivity contribution is -0.384. The van der Waals surface area contributed by atoms with Gasteiger partial charge in [-0.3, -0.25) is 14.9 Å². The van der Waals surface area contributed by atoms with Crippen LogP contribution in [0.1, 0.15) is 29.6 Å². The van der Waals surface area contributed by atoms with Crippen molar-refractivity contribution in [1.82, 2.24) is 14.9 Å². The van der Waals surface area contributed by atoms with Crippen LogP contribution in [0, 0.1) is 10.1 Å². The fourth-order valence-electron chi connectivity index (χ4n) is 3.85. The predicted molar refractivity (Wildman–Crippen MR) is 109 cm³/mol. The van der Waals surface area contributed by atoms with Crippen LogP contribution in [0.4, 0.5) is 17.3 Å².